The predicted molar refractivity (Wildman–Crippen MR) is 152 cm³/mol. The van der Waals surface area contributed by atoms with Crippen molar-refractivity contribution in [2.24, 2.45) is 11.8 Å². The van der Waals surface area contributed by atoms with Crippen LogP contribution >= 0.6 is 11.3 Å². The van der Waals surface area contributed by atoms with Gasteiger partial charge in [-0.1, -0.05) is 141 Å². The molecule has 1 heteroatoms. The monoisotopic (exact) mass is 464 g/mol. The molecule has 0 aliphatic heterocycles. The third-order valence-corrected chi connectivity index (χ3v) is 8.56. The highest BCUT2D eigenvalue weighted by molar-refractivity contribution is 7.12. The van der Waals surface area contributed by atoms with Crippen LogP contribution in [0.4, 0.5) is 0 Å². The van der Waals surface area contributed by atoms with Crippen LogP contribution in [0.5, 0.6) is 0 Å². The van der Waals surface area contributed by atoms with Crippen molar-refractivity contribution < 1.29 is 0 Å². The lowest BCUT2D eigenvalue weighted by Gasteiger charge is -2.23. The van der Waals surface area contributed by atoms with Gasteiger partial charge in [-0.3, -0.25) is 0 Å². The maximum Gasteiger partial charge on any atom is 0.0137 e. The zero-order chi connectivity index (χ0) is 24.9. The fourth-order valence-electron chi connectivity index (χ4n) is 4.71. The molecule has 0 radical (unpaired) electrons. The van der Waals surface area contributed by atoms with Crippen LogP contribution in [0.3, 0.4) is 0 Å². The highest BCUT2D eigenvalue weighted by atomic mass is 32.1. The number of hydrogen-bond acceptors (Lipinski definition) is 1. The highest BCUT2D eigenvalue weighted by Gasteiger charge is 2.31. The topological polar surface area (TPSA) is 0 Å². The quantitative estimate of drug-likeness (QED) is 0.254. The van der Waals surface area contributed by atoms with E-state index in [1.165, 1.54) is 70.6 Å². The summed E-state index contributed by atoms with van der Waals surface area (Å²) in [5.74, 6) is 1.58. The van der Waals surface area contributed by atoms with Crippen LogP contribution in [0.1, 0.15) is 162 Å². The van der Waals surface area contributed by atoms with Crippen molar-refractivity contribution in [2.45, 2.75) is 165 Å². The van der Waals surface area contributed by atoms with E-state index in [1.807, 2.05) is 13.8 Å². The van der Waals surface area contributed by atoms with Gasteiger partial charge in [0.2, 0.25) is 0 Å². The Hall–Kier alpha value is -0.300. The van der Waals surface area contributed by atoms with Crippen LogP contribution in [0, 0.1) is 11.8 Å². The molecule has 2 unspecified atom stereocenters. The molecule has 1 heterocycles. The molecule has 0 N–H and O–H groups in total. The summed E-state index contributed by atoms with van der Waals surface area (Å²) in [4.78, 5) is 3.34. The molecule has 0 spiro atoms. The third kappa shape index (κ3) is 11.2. The first-order valence-corrected chi connectivity index (χ1v) is 14.9. The van der Waals surface area contributed by atoms with E-state index in [0.29, 0.717) is 0 Å². The highest BCUT2D eigenvalue weighted by Crippen LogP contribution is 2.44. The van der Waals surface area contributed by atoms with E-state index < -0.39 is 0 Å². The van der Waals surface area contributed by atoms with Crippen molar-refractivity contribution in [1.82, 2.24) is 0 Å². The molecule has 190 valence electrons. The molecule has 0 nitrogen and oxygen atoms in total. The zero-order valence-electron chi connectivity index (χ0n) is 24.3. The summed E-state index contributed by atoms with van der Waals surface area (Å²) in [6.07, 6.45) is 15.0. The Balaban J connectivity index is 0.00000466. The SMILES string of the molecule is CC.CCCCCCC(C)Cc1c(C(C)(C)C)sc(C(C)(C)C)c1CC(C)CCCCC. The largest absolute Gasteiger partial charge is 0.144 e. The first-order valence-electron chi connectivity index (χ1n) is 14.1. The van der Waals surface area contributed by atoms with Gasteiger partial charge in [0.15, 0.2) is 0 Å². The van der Waals surface area contributed by atoms with Crippen molar-refractivity contribution in [3.8, 4) is 0 Å². The molecule has 0 aliphatic rings. The van der Waals surface area contributed by atoms with Crippen molar-refractivity contribution in [2.75, 3.05) is 0 Å². The number of unbranched alkanes of at least 4 members (excludes halogenated alkanes) is 5. The summed E-state index contributed by atoms with van der Waals surface area (Å²) in [6.45, 7) is 28.2. The first kappa shape index (κ1) is 31.7. The molecular weight excluding hydrogens is 404 g/mol. The van der Waals surface area contributed by atoms with E-state index in [2.05, 4.69) is 80.6 Å². The van der Waals surface area contributed by atoms with Gasteiger partial charge in [-0.05, 0) is 46.6 Å². The Bertz CT molecular complexity index is 593. The molecule has 1 aromatic rings. The Morgan fingerprint density at radius 2 is 0.938 bits per heavy atom. The smallest absolute Gasteiger partial charge is 0.0137 e. The third-order valence-electron chi connectivity index (χ3n) is 6.44. The second-order valence-electron chi connectivity index (χ2n) is 12.2. The molecular formula is C31H60S. The summed E-state index contributed by atoms with van der Waals surface area (Å²) in [7, 11) is 0. The standard InChI is InChI=1S/C29H54S.C2H6/c1-11-13-15-17-19-23(4)21-25-24(20-22(3)18-16-14-12-2)26(28(5,6)7)30-27(25)29(8,9)10;1-2/h22-23H,11-21H2,1-10H3;1-2H3. The average Bonchev–Trinajstić information content (AvgIpc) is 3.05. The normalized spacial score (nSPS) is 14.1. The average molecular weight is 465 g/mol. The minimum Gasteiger partial charge on any atom is -0.144 e. The van der Waals surface area contributed by atoms with Crippen molar-refractivity contribution in [3.63, 3.8) is 0 Å². The van der Waals surface area contributed by atoms with Gasteiger partial charge >= 0.3 is 0 Å². The van der Waals surface area contributed by atoms with E-state index in [4.69, 9.17) is 0 Å². The minimum atomic E-state index is 0.242. The number of hydrogen-bond donors (Lipinski definition) is 0. The molecule has 0 saturated carbocycles. The second-order valence-corrected chi connectivity index (χ2v) is 13.2. The van der Waals surface area contributed by atoms with Crippen LogP contribution in [-0.2, 0) is 23.7 Å². The van der Waals surface area contributed by atoms with Crippen LogP contribution in [-0.4, -0.2) is 0 Å². The van der Waals surface area contributed by atoms with Gasteiger partial charge in [0.25, 0.3) is 0 Å². The van der Waals surface area contributed by atoms with Gasteiger partial charge < -0.3 is 0 Å². The summed E-state index contributed by atoms with van der Waals surface area (Å²) >= 11 is 2.14. The van der Waals surface area contributed by atoms with E-state index >= 15 is 0 Å². The number of thiophene rings is 1. The molecule has 0 amide bonds. The summed E-state index contributed by atoms with van der Waals surface area (Å²) in [5, 5.41) is 0. The van der Waals surface area contributed by atoms with E-state index in [1.54, 1.807) is 20.9 Å². The van der Waals surface area contributed by atoms with Crippen LogP contribution in [0.25, 0.3) is 0 Å². The molecule has 2 atom stereocenters. The van der Waals surface area contributed by atoms with Crippen molar-refractivity contribution >= 4 is 11.3 Å². The summed E-state index contributed by atoms with van der Waals surface area (Å²) in [5.41, 5.74) is 3.96. The molecule has 32 heavy (non-hydrogen) atoms. The van der Waals surface area contributed by atoms with Gasteiger partial charge in [-0.2, -0.15) is 0 Å². The molecule has 1 rings (SSSR count). The van der Waals surface area contributed by atoms with Crippen LogP contribution in [0.2, 0.25) is 0 Å². The fraction of sp³-hybridized carbons (Fsp3) is 0.871. The predicted octanol–water partition coefficient (Wildman–Crippen LogP) is 11.3. The lowest BCUT2D eigenvalue weighted by atomic mass is 9.80. The van der Waals surface area contributed by atoms with E-state index in [0.717, 1.165) is 11.8 Å². The van der Waals surface area contributed by atoms with Gasteiger partial charge in [0.1, 0.15) is 0 Å². The number of rotatable bonds is 13. The molecule has 0 bridgehead atoms. The fourth-order valence-corrected chi connectivity index (χ4v) is 6.18. The summed E-state index contributed by atoms with van der Waals surface area (Å²) in [6, 6.07) is 0. The van der Waals surface area contributed by atoms with Crippen LogP contribution in [0.15, 0.2) is 0 Å². The molecule has 0 saturated heterocycles. The van der Waals surface area contributed by atoms with Gasteiger partial charge in [-0.25, -0.2) is 0 Å². The van der Waals surface area contributed by atoms with E-state index in [-0.39, 0.29) is 10.8 Å². The van der Waals surface area contributed by atoms with E-state index in [9.17, 15) is 0 Å². The lowest BCUT2D eigenvalue weighted by Crippen LogP contribution is -2.16. The Labute approximate surface area is 208 Å². The zero-order valence-corrected chi connectivity index (χ0v) is 25.2. The maximum atomic E-state index is 2.50. The molecule has 0 fully saturated rings. The molecule has 1 aromatic heterocycles. The lowest BCUT2D eigenvalue weighted by molar-refractivity contribution is 0.467. The van der Waals surface area contributed by atoms with Gasteiger partial charge in [-0.15, -0.1) is 11.3 Å². The second kappa shape index (κ2) is 15.6. The summed E-state index contributed by atoms with van der Waals surface area (Å²) < 4.78 is 0. The van der Waals surface area contributed by atoms with Crippen LogP contribution < -0.4 is 0 Å². The minimum absolute atomic E-state index is 0.242. The van der Waals surface area contributed by atoms with Crippen molar-refractivity contribution in [3.05, 3.63) is 20.9 Å². The first-order chi connectivity index (χ1) is 14.9. The Morgan fingerprint density at radius 3 is 1.28 bits per heavy atom. The maximum absolute atomic E-state index is 2.50. The molecule has 0 aliphatic carbocycles. The van der Waals surface area contributed by atoms with Gasteiger partial charge in [0, 0.05) is 9.75 Å². The molecule has 0 aromatic carbocycles. The Kier molecular flexibility index (Phi) is 15.4. The Morgan fingerprint density at radius 1 is 0.594 bits per heavy atom. The van der Waals surface area contributed by atoms with Gasteiger partial charge in [0.05, 0.1) is 0 Å². The van der Waals surface area contributed by atoms with Crippen molar-refractivity contribution in [1.29, 1.82) is 0 Å².